The number of methoxy groups -OCH3 is 1. The monoisotopic (exact) mass is 478 g/mol. The molecule has 2 aromatic carbocycles. The van der Waals surface area contributed by atoms with Crippen LogP contribution in [0.15, 0.2) is 30.3 Å². The Bertz CT molecular complexity index is 1230. The van der Waals surface area contributed by atoms with Gasteiger partial charge in [0.2, 0.25) is 12.5 Å². The fourth-order valence-electron chi connectivity index (χ4n) is 4.77. The molecule has 0 saturated heterocycles. The van der Waals surface area contributed by atoms with Crippen LogP contribution in [0.25, 0.3) is 5.69 Å². The van der Waals surface area contributed by atoms with E-state index in [4.69, 9.17) is 14.2 Å². The topological polar surface area (TPSA) is 104 Å². The highest BCUT2D eigenvalue weighted by atomic mass is 16.7. The first-order valence-electron chi connectivity index (χ1n) is 12.0. The summed E-state index contributed by atoms with van der Waals surface area (Å²) in [5, 5.41) is 15.7. The van der Waals surface area contributed by atoms with Gasteiger partial charge in [-0.15, -0.1) is 5.10 Å². The van der Waals surface area contributed by atoms with Crippen LogP contribution in [0.5, 0.6) is 17.2 Å². The number of carbonyl (C=O) groups excluding carboxylic acids is 1. The number of tetrazole rings is 1. The predicted molar refractivity (Wildman–Crippen MR) is 128 cm³/mol. The highest BCUT2D eigenvalue weighted by Gasteiger charge is 2.37. The van der Waals surface area contributed by atoms with Gasteiger partial charge in [0.15, 0.2) is 17.3 Å². The van der Waals surface area contributed by atoms with Crippen molar-refractivity contribution in [3.63, 3.8) is 0 Å². The van der Waals surface area contributed by atoms with Crippen molar-refractivity contribution in [3.8, 4) is 22.9 Å². The first-order valence-corrected chi connectivity index (χ1v) is 12.0. The van der Waals surface area contributed by atoms with E-state index in [0.717, 1.165) is 43.4 Å². The highest BCUT2D eigenvalue weighted by Crippen LogP contribution is 2.50. The molecule has 1 amide bonds. The smallest absolute Gasteiger partial charge is 0.251 e. The van der Waals surface area contributed by atoms with Crippen LogP contribution in [-0.2, 0) is 6.42 Å². The van der Waals surface area contributed by atoms with Crippen LogP contribution in [-0.4, -0.2) is 65.1 Å². The number of benzene rings is 2. The van der Waals surface area contributed by atoms with Crippen molar-refractivity contribution in [1.82, 2.24) is 30.4 Å². The van der Waals surface area contributed by atoms with Crippen molar-refractivity contribution in [2.45, 2.75) is 38.6 Å². The molecular formula is C25H30N6O4. The Morgan fingerprint density at radius 2 is 2.14 bits per heavy atom. The molecule has 0 fully saturated rings. The van der Waals surface area contributed by atoms with Crippen molar-refractivity contribution in [2.24, 2.45) is 0 Å². The molecule has 0 bridgehead atoms. The maximum absolute atomic E-state index is 12.7. The van der Waals surface area contributed by atoms with Gasteiger partial charge in [0.05, 0.1) is 12.8 Å². The van der Waals surface area contributed by atoms with Crippen molar-refractivity contribution < 1.29 is 19.0 Å². The number of fused-ring (bicyclic) bond motifs is 2. The summed E-state index contributed by atoms with van der Waals surface area (Å²) in [5.74, 6) is 2.47. The van der Waals surface area contributed by atoms with E-state index in [1.165, 1.54) is 0 Å². The van der Waals surface area contributed by atoms with E-state index >= 15 is 0 Å². The maximum Gasteiger partial charge on any atom is 0.251 e. The summed E-state index contributed by atoms with van der Waals surface area (Å²) < 4.78 is 18.9. The molecule has 0 radical (unpaired) electrons. The summed E-state index contributed by atoms with van der Waals surface area (Å²) in [4.78, 5) is 14.9. The molecular weight excluding hydrogens is 448 g/mol. The quantitative estimate of drug-likeness (QED) is 0.493. The Morgan fingerprint density at radius 1 is 1.26 bits per heavy atom. The van der Waals surface area contributed by atoms with Crippen molar-refractivity contribution in [2.75, 3.05) is 34.0 Å². The van der Waals surface area contributed by atoms with Crippen molar-refractivity contribution in [1.29, 1.82) is 0 Å². The van der Waals surface area contributed by atoms with Crippen LogP contribution in [0.1, 0.15) is 59.5 Å². The van der Waals surface area contributed by atoms with Gasteiger partial charge in [-0.3, -0.25) is 9.69 Å². The number of rotatable bonds is 8. The Balaban J connectivity index is 1.51. The lowest BCUT2D eigenvalue weighted by Gasteiger charge is -2.34. The zero-order chi connectivity index (χ0) is 24.4. The Morgan fingerprint density at radius 3 is 2.97 bits per heavy atom. The van der Waals surface area contributed by atoms with Gasteiger partial charge in [0.25, 0.3) is 5.91 Å². The third kappa shape index (κ3) is 4.29. The molecule has 0 saturated carbocycles. The van der Waals surface area contributed by atoms with Crippen LogP contribution in [0.3, 0.4) is 0 Å². The lowest BCUT2D eigenvalue weighted by atomic mass is 9.90. The number of likely N-dealkylation sites (N-methyl/N-ethyl adjacent to an activating group) is 1. The number of nitrogens with one attached hydrogen (secondary N) is 1. The molecule has 3 heterocycles. The minimum Gasteiger partial charge on any atom is -0.492 e. The van der Waals surface area contributed by atoms with E-state index in [1.807, 2.05) is 31.3 Å². The molecule has 2 aliphatic rings. The molecule has 0 spiro atoms. The zero-order valence-corrected chi connectivity index (χ0v) is 20.3. The molecule has 2 aliphatic heterocycles. The second-order valence-corrected chi connectivity index (χ2v) is 8.81. The van der Waals surface area contributed by atoms with Gasteiger partial charge in [0, 0.05) is 24.2 Å². The number of unbranched alkanes of at least 4 members (excludes halogenated alkanes) is 2. The SMILES string of the molecule is CCCCCNC(=O)c1cccc(-n2nnnc2C2c3c(cc4c(c3OC)OCO4)CCN2C)c1. The van der Waals surface area contributed by atoms with Gasteiger partial charge in [-0.1, -0.05) is 25.8 Å². The average Bonchev–Trinajstić information content (AvgIpc) is 3.55. The van der Waals surface area contributed by atoms with E-state index in [2.05, 4.69) is 32.7 Å². The average molecular weight is 479 g/mol. The van der Waals surface area contributed by atoms with E-state index in [1.54, 1.807) is 17.9 Å². The number of nitrogens with zero attached hydrogens (tertiary/aromatic N) is 5. The molecule has 1 atom stereocenters. The lowest BCUT2D eigenvalue weighted by molar-refractivity contribution is 0.0953. The van der Waals surface area contributed by atoms with Crippen LogP contribution in [0.4, 0.5) is 0 Å². The first-order chi connectivity index (χ1) is 17.1. The van der Waals surface area contributed by atoms with Gasteiger partial charge in [-0.05, 0) is 60.1 Å². The molecule has 0 aliphatic carbocycles. The summed E-state index contributed by atoms with van der Waals surface area (Å²) in [6, 6.07) is 9.11. The number of amides is 1. The van der Waals surface area contributed by atoms with E-state index in [9.17, 15) is 4.79 Å². The standard InChI is InChI=1S/C25H30N6O4/c1-4-5-6-11-26-25(32)17-8-7-9-18(13-17)31-24(27-28-29-31)21-20-16(10-12-30(21)2)14-19-22(23(20)33-3)35-15-34-19/h7-9,13-14,21H,4-6,10-12,15H2,1-3H3,(H,26,32). The number of carbonyl (C=O) groups is 1. The van der Waals surface area contributed by atoms with Gasteiger partial charge in [0.1, 0.15) is 6.04 Å². The van der Waals surface area contributed by atoms with Crippen LogP contribution < -0.4 is 19.5 Å². The minimum atomic E-state index is -0.273. The normalized spacial score (nSPS) is 16.7. The number of hydrogen-bond acceptors (Lipinski definition) is 8. The molecule has 5 rings (SSSR count). The second kappa shape index (κ2) is 9.91. The van der Waals surface area contributed by atoms with Crippen LogP contribution in [0.2, 0.25) is 0 Å². The van der Waals surface area contributed by atoms with Crippen LogP contribution >= 0.6 is 0 Å². The van der Waals surface area contributed by atoms with Gasteiger partial charge in [-0.25, -0.2) is 0 Å². The van der Waals surface area contributed by atoms with Gasteiger partial charge >= 0.3 is 0 Å². The number of aromatic nitrogens is 4. The largest absolute Gasteiger partial charge is 0.492 e. The fourth-order valence-corrected chi connectivity index (χ4v) is 4.77. The predicted octanol–water partition coefficient (Wildman–Crippen LogP) is 2.90. The molecule has 1 aromatic heterocycles. The second-order valence-electron chi connectivity index (χ2n) is 8.81. The van der Waals surface area contributed by atoms with E-state index in [-0.39, 0.29) is 18.7 Å². The molecule has 184 valence electrons. The molecule has 1 unspecified atom stereocenters. The maximum atomic E-state index is 12.7. The number of hydrogen-bond donors (Lipinski definition) is 1. The van der Waals surface area contributed by atoms with Crippen molar-refractivity contribution >= 4 is 5.91 Å². The Hall–Kier alpha value is -3.66. The highest BCUT2D eigenvalue weighted by molar-refractivity contribution is 5.94. The molecule has 10 nitrogen and oxygen atoms in total. The van der Waals surface area contributed by atoms with Crippen molar-refractivity contribution in [3.05, 3.63) is 52.8 Å². The first kappa shape index (κ1) is 23.1. The molecule has 3 aromatic rings. The van der Waals surface area contributed by atoms with Crippen LogP contribution in [0, 0.1) is 0 Å². The third-order valence-corrected chi connectivity index (χ3v) is 6.55. The van der Waals surface area contributed by atoms with E-state index in [0.29, 0.717) is 40.9 Å². The molecule has 35 heavy (non-hydrogen) atoms. The lowest BCUT2D eigenvalue weighted by Crippen LogP contribution is -2.35. The summed E-state index contributed by atoms with van der Waals surface area (Å²) in [6.07, 6.45) is 4.00. The van der Waals surface area contributed by atoms with Gasteiger partial charge < -0.3 is 19.5 Å². The van der Waals surface area contributed by atoms with E-state index < -0.39 is 0 Å². The fraction of sp³-hybridized carbons (Fsp3) is 0.440. The number of ether oxygens (including phenoxy) is 3. The zero-order valence-electron chi connectivity index (χ0n) is 20.3. The molecule has 1 N–H and O–H groups in total. The summed E-state index contributed by atoms with van der Waals surface area (Å²) in [5.41, 5.74) is 3.36. The summed E-state index contributed by atoms with van der Waals surface area (Å²) in [7, 11) is 3.67. The Labute approximate surface area is 204 Å². The third-order valence-electron chi connectivity index (χ3n) is 6.55. The molecule has 10 heteroatoms. The van der Waals surface area contributed by atoms with Gasteiger partial charge in [-0.2, -0.15) is 4.68 Å². The summed E-state index contributed by atoms with van der Waals surface area (Å²) >= 11 is 0. The Kier molecular flexibility index (Phi) is 6.54. The minimum absolute atomic E-state index is 0.105. The summed E-state index contributed by atoms with van der Waals surface area (Å²) in [6.45, 7) is 3.78.